The zero-order chi connectivity index (χ0) is 20.5. The third kappa shape index (κ3) is 4.40. The molecule has 6 nitrogen and oxygen atoms in total. The number of halogens is 4. The lowest BCUT2D eigenvalue weighted by atomic mass is 10.2. The van der Waals surface area contributed by atoms with Gasteiger partial charge < -0.3 is 5.32 Å². The Hall–Kier alpha value is -1.09. The highest BCUT2D eigenvalue weighted by Crippen LogP contribution is 2.36. The largest absolute Gasteiger partial charge is 0.321 e. The first kappa shape index (κ1) is 21.6. The number of amides is 1. The van der Waals surface area contributed by atoms with E-state index < -0.39 is 15.9 Å². The van der Waals surface area contributed by atoms with Gasteiger partial charge >= 0.3 is 0 Å². The summed E-state index contributed by atoms with van der Waals surface area (Å²) < 4.78 is 27.1. The second-order valence-electron chi connectivity index (χ2n) is 6.14. The predicted octanol–water partition coefficient (Wildman–Crippen LogP) is 5.12. The summed E-state index contributed by atoms with van der Waals surface area (Å²) in [5, 5.41) is 2.10. The molecular weight excluding hydrogens is 468 g/mol. The highest BCUT2D eigenvalue weighted by molar-refractivity contribution is 7.89. The lowest BCUT2D eigenvalue weighted by molar-refractivity contribution is 0.102. The first-order valence-electron chi connectivity index (χ1n) is 8.33. The summed E-state index contributed by atoms with van der Waals surface area (Å²) in [6, 6.07) is 5.97. The van der Waals surface area contributed by atoms with Crippen LogP contribution in [-0.2, 0) is 10.0 Å². The minimum atomic E-state index is -3.63. The molecule has 11 heteroatoms. The van der Waals surface area contributed by atoms with E-state index in [0.717, 1.165) is 19.3 Å². The van der Waals surface area contributed by atoms with Gasteiger partial charge in [0.2, 0.25) is 10.0 Å². The van der Waals surface area contributed by atoms with E-state index in [9.17, 15) is 13.2 Å². The van der Waals surface area contributed by atoms with Gasteiger partial charge in [-0.25, -0.2) is 13.4 Å². The van der Waals surface area contributed by atoms with Crippen molar-refractivity contribution < 1.29 is 13.2 Å². The van der Waals surface area contributed by atoms with Gasteiger partial charge in [0.15, 0.2) is 0 Å². The Labute approximate surface area is 182 Å². The molecule has 2 aromatic rings. The zero-order valence-electron chi connectivity index (χ0n) is 14.4. The van der Waals surface area contributed by atoms with Crippen LogP contribution >= 0.6 is 46.4 Å². The summed E-state index contributed by atoms with van der Waals surface area (Å²) in [5.74, 6) is -0.696. The van der Waals surface area contributed by atoms with Crippen molar-refractivity contribution in [1.82, 2.24) is 9.29 Å². The molecule has 0 radical (unpaired) electrons. The molecule has 3 rings (SSSR count). The quantitative estimate of drug-likeness (QED) is 0.613. The van der Waals surface area contributed by atoms with Crippen LogP contribution in [0, 0.1) is 0 Å². The molecule has 1 aromatic carbocycles. The van der Waals surface area contributed by atoms with Crippen molar-refractivity contribution >= 4 is 68.0 Å². The minimum absolute atomic E-state index is 0.0560. The van der Waals surface area contributed by atoms with Gasteiger partial charge in [-0.3, -0.25) is 4.79 Å². The topological polar surface area (TPSA) is 79.4 Å². The lowest BCUT2D eigenvalue weighted by Crippen LogP contribution is -2.35. The molecule has 150 valence electrons. The van der Waals surface area contributed by atoms with Crippen LogP contribution in [0.15, 0.2) is 29.2 Å². The molecule has 0 saturated carbocycles. The van der Waals surface area contributed by atoms with Gasteiger partial charge in [-0.2, -0.15) is 4.31 Å². The number of anilines is 1. The van der Waals surface area contributed by atoms with Crippen LogP contribution in [0.3, 0.4) is 0 Å². The van der Waals surface area contributed by atoms with Gasteiger partial charge in [0.25, 0.3) is 5.91 Å². The number of nitrogens with one attached hydrogen (secondary N) is 1. The number of nitrogens with zero attached hydrogens (tertiary/aromatic N) is 2. The summed E-state index contributed by atoms with van der Waals surface area (Å²) in [5.41, 5.74) is 0.0495. The Morgan fingerprint density at radius 3 is 2.36 bits per heavy atom. The van der Waals surface area contributed by atoms with Crippen molar-refractivity contribution in [3.05, 3.63) is 50.2 Å². The smallest absolute Gasteiger partial charge is 0.275 e. The number of aromatic nitrogens is 1. The average molecular weight is 483 g/mol. The number of benzene rings is 1. The van der Waals surface area contributed by atoms with E-state index in [2.05, 4.69) is 10.3 Å². The fraction of sp³-hybridized carbons (Fsp3) is 0.294. The van der Waals surface area contributed by atoms with E-state index in [1.54, 1.807) is 12.1 Å². The molecule has 0 bridgehead atoms. The summed E-state index contributed by atoms with van der Waals surface area (Å²) in [4.78, 5) is 16.5. The average Bonchev–Trinajstić information content (AvgIpc) is 2.70. The van der Waals surface area contributed by atoms with Crippen LogP contribution in [0.5, 0.6) is 0 Å². The molecule has 1 N–H and O–H groups in total. The van der Waals surface area contributed by atoms with Gasteiger partial charge in [-0.15, -0.1) is 0 Å². The van der Waals surface area contributed by atoms with Crippen molar-refractivity contribution in [2.75, 3.05) is 18.4 Å². The van der Waals surface area contributed by atoms with Crippen LogP contribution in [0.4, 0.5) is 5.69 Å². The molecule has 28 heavy (non-hydrogen) atoms. The summed E-state index contributed by atoms with van der Waals surface area (Å²) in [6.07, 6.45) is 2.68. The molecule has 1 aliphatic rings. The molecule has 1 aliphatic heterocycles. The molecule has 2 heterocycles. The van der Waals surface area contributed by atoms with Crippen LogP contribution < -0.4 is 5.32 Å². The summed E-state index contributed by atoms with van der Waals surface area (Å²) in [6.45, 7) is 0.973. The Bertz CT molecular complexity index is 1020. The van der Waals surface area contributed by atoms with Crippen LogP contribution in [0.2, 0.25) is 20.2 Å². The van der Waals surface area contributed by atoms with E-state index in [4.69, 9.17) is 46.4 Å². The number of pyridine rings is 1. The molecule has 0 atom stereocenters. The van der Waals surface area contributed by atoms with Gasteiger partial charge in [0.1, 0.15) is 10.8 Å². The number of carbonyl (C=O) groups is 1. The third-order valence-corrected chi connectivity index (χ3v) is 7.82. The standard InChI is InChI=1S/C17H15Cl4N3O3S/c18-12-13(19)15(23-16(21)14(12)20)17(25)22-10-5-4-6-11(9-10)28(26,27)24-7-2-1-3-8-24/h4-6,9H,1-3,7-8H2,(H,22,25). The molecule has 0 aliphatic carbocycles. The first-order chi connectivity index (χ1) is 13.2. The third-order valence-electron chi connectivity index (χ3n) is 4.24. The fourth-order valence-electron chi connectivity index (χ4n) is 2.82. The summed E-state index contributed by atoms with van der Waals surface area (Å²) >= 11 is 23.7. The predicted molar refractivity (Wildman–Crippen MR) is 111 cm³/mol. The Kier molecular flexibility index (Phi) is 6.74. The second-order valence-corrected chi connectivity index (χ2v) is 9.57. The van der Waals surface area contributed by atoms with Gasteiger partial charge in [0.05, 0.1) is 20.0 Å². The molecule has 1 amide bonds. The van der Waals surface area contributed by atoms with E-state index >= 15 is 0 Å². The number of hydrogen-bond donors (Lipinski definition) is 1. The van der Waals surface area contributed by atoms with Gasteiger partial charge in [-0.05, 0) is 31.0 Å². The molecule has 0 spiro atoms. The molecular formula is C17H15Cl4N3O3S. The molecule has 1 fully saturated rings. The second kappa shape index (κ2) is 8.73. The highest BCUT2D eigenvalue weighted by Gasteiger charge is 2.26. The van der Waals surface area contributed by atoms with E-state index in [-0.39, 0.29) is 36.5 Å². The first-order valence-corrected chi connectivity index (χ1v) is 11.3. The van der Waals surface area contributed by atoms with Crippen molar-refractivity contribution in [2.24, 2.45) is 0 Å². The molecule has 1 aromatic heterocycles. The van der Waals surface area contributed by atoms with Crippen LogP contribution in [0.25, 0.3) is 0 Å². The fourth-order valence-corrected chi connectivity index (χ4v) is 5.19. The number of piperidine rings is 1. The van der Waals surface area contributed by atoms with Crippen molar-refractivity contribution in [3.63, 3.8) is 0 Å². The lowest BCUT2D eigenvalue weighted by Gasteiger charge is -2.26. The highest BCUT2D eigenvalue weighted by atomic mass is 35.5. The maximum Gasteiger partial charge on any atom is 0.275 e. The normalized spacial score (nSPS) is 15.4. The monoisotopic (exact) mass is 481 g/mol. The number of sulfonamides is 1. The number of carbonyl (C=O) groups excluding carboxylic acids is 1. The zero-order valence-corrected chi connectivity index (χ0v) is 18.2. The van der Waals surface area contributed by atoms with Crippen molar-refractivity contribution in [3.8, 4) is 0 Å². The van der Waals surface area contributed by atoms with Crippen molar-refractivity contribution in [2.45, 2.75) is 24.2 Å². The van der Waals surface area contributed by atoms with E-state index in [1.165, 1.54) is 16.4 Å². The van der Waals surface area contributed by atoms with Crippen LogP contribution in [-0.4, -0.2) is 36.7 Å². The van der Waals surface area contributed by atoms with Gasteiger partial charge in [-0.1, -0.05) is 58.9 Å². The maximum absolute atomic E-state index is 12.8. The number of hydrogen-bond acceptors (Lipinski definition) is 4. The minimum Gasteiger partial charge on any atom is -0.321 e. The summed E-state index contributed by atoms with van der Waals surface area (Å²) in [7, 11) is -3.63. The SMILES string of the molecule is O=C(Nc1cccc(S(=O)(=O)N2CCCCC2)c1)c1nc(Cl)c(Cl)c(Cl)c1Cl. The molecule has 1 saturated heterocycles. The molecule has 0 unspecified atom stereocenters. The Morgan fingerprint density at radius 1 is 1.00 bits per heavy atom. The Balaban J connectivity index is 1.86. The number of rotatable bonds is 4. The van der Waals surface area contributed by atoms with E-state index in [1.807, 2.05) is 0 Å². The van der Waals surface area contributed by atoms with Crippen molar-refractivity contribution in [1.29, 1.82) is 0 Å². The van der Waals surface area contributed by atoms with Gasteiger partial charge in [0, 0.05) is 18.8 Å². The Morgan fingerprint density at radius 2 is 1.68 bits per heavy atom. The van der Waals surface area contributed by atoms with Crippen LogP contribution in [0.1, 0.15) is 29.8 Å². The van der Waals surface area contributed by atoms with E-state index in [0.29, 0.717) is 13.1 Å². The maximum atomic E-state index is 12.8.